The second kappa shape index (κ2) is 4.89. The maximum Gasteiger partial charge on any atom is 0.103 e. The van der Waals surface area contributed by atoms with Crippen molar-refractivity contribution >= 4 is 16.6 Å². The smallest absolute Gasteiger partial charge is 0.103 e. The van der Waals surface area contributed by atoms with Gasteiger partial charge in [0.1, 0.15) is 6.07 Å². The fraction of sp³-hybridized carbons (Fsp3) is 0.375. The predicted octanol–water partition coefficient (Wildman–Crippen LogP) is 3.59. The Morgan fingerprint density at radius 2 is 1.95 bits per heavy atom. The topological polar surface area (TPSA) is 39.9 Å². The lowest BCUT2D eigenvalue weighted by atomic mass is 9.95. The third-order valence-electron chi connectivity index (χ3n) is 2.96. The summed E-state index contributed by atoms with van der Waals surface area (Å²) in [5.74, 6) is 0. The molecule has 1 aromatic carbocycles. The molecule has 0 aliphatic rings. The Hall–Kier alpha value is -2.08. The van der Waals surface area contributed by atoms with Crippen molar-refractivity contribution in [2.24, 2.45) is 5.41 Å². The number of benzene rings is 1. The van der Waals surface area contributed by atoms with Crippen LogP contribution < -0.4 is 4.90 Å². The lowest BCUT2D eigenvalue weighted by Gasteiger charge is -2.29. The Morgan fingerprint density at radius 1 is 1.26 bits per heavy atom. The summed E-state index contributed by atoms with van der Waals surface area (Å²) in [7, 11) is 2.04. The molecule has 1 heterocycles. The standard InChI is InChI=1S/C16H19N3/c1-16(2,3)11-19(4)15-12(9-17)10-18-14-8-6-5-7-13(14)15/h5-8,10H,11H2,1-4H3. The second-order valence-electron chi connectivity index (χ2n) is 6.07. The van der Waals surface area contributed by atoms with Gasteiger partial charge in [0, 0.05) is 25.2 Å². The van der Waals surface area contributed by atoms with Gasteiger partial charge in [0.25, 0.3) is 0 Å². The zero-order valence-electron chi connectivity index (χ0n) is 11.9. The first-order valence-electron chi connectivity index (χ1n) is 6.41. The number of aromatic nitrogens is 1. The molecule has 0 N–H and O–H groups in total. The molecule has 0 fully saturated rings. The van der Waals surface area contributed by atoms with Crippen molar-refractivity contribution in [3.63, 3.8) is 0 Å². The van der Waals surface area contributed by atoms with E-state index >= 15 is 0 Å². The Kier molecular flexibility index (Phi) is 3.44. The van der Waals surface area contributed by atoms with Crippen molar-refractivity contribution in [1.29, 1.82) is 5.26 Å². The number of nitrogens with zero attached hydrogens (tertiary/aromatic N) is 3. The first-order chi connectivity index (χ1) is 8.92. The molecular formula is C16H19N3. The fourth-order valence-corrected chi connectivity index (χ4v) is 2.41. The number of rotatable bonds is 2. The third-order valence-corrected chi connectivity index (χ3v) is 2.96. The molecule has 2 aromatic rings. The van der Waals surface area contributed by atoms with Gasteiger partial charge in [-0.3, -0.25) is 4.98 Å². The van der Waals surface area contributed by atoms with Crippen LogP contribution in [0.2, 0.25) is 0 Å². The van der Waals surface area contributed by atoms with E-state index in [9.17, 15) is 5.26 Å². The summed E-state index contributed by atoms with van der Waals surface area (Å²) in [6, 6.07) is 10.2. The first kappa shape index (κ1) is 13.4. The van der Waals surface area contributed by atoms with E-state index in [1.807, 2.05) is 31.3 Å². The molecule has 0 atom stereocenters. The average molecular weight is 253 g/mol. The molecule has 0 bridgehead atoms. The summed E-state index contributed by atoms with van der Waals surface area (Å²) >= 11 is 0. The quantitative estimate of drug-likeness (QED) is 0.821. The zero-order chi connectivity index (χ0) is 14.0. The maximum atomic E-state index is 9.31. The molecule has 0 saturated heterocycles. The number of hydrogen-bond donors (Lipinski definition) is 0. The van der Waals surface area contributed by atoms with Gasteiger partial charge in [0.2, 0.25) is 0 Å². The molecule has 2 rings (SSSR count). The molecule has 0 radical (unpaired) electrons. The highest BCUT2D eigenvalue weighted by molar-refractivity contribution is 5.94. The SMILES string of the molecule is CN(CC(C)(C)C)c1c(C#N)cnc2ccccc12. The molecule has 3 heteroatoms. The zero-order valence-corrected chi connectivity index (χ0v) is 11.9. The fourth-order valence-electron chi connectivity index (χ4n) is 2.41. The van der Waals surface area contributed by atoms with Crippen molar-refractivity contribution in [3.8, 4) is 6.07 Å². The van der Waals surface area contributed by atoms with E-state index in [1.165, 1.54) is 0 Å². The Morgan fingerprint density at radius 3 is 2.58 bits per heavy atom. The number of hydrogen-bond acceptors (Lipinski definition) is 3. The van der Waals surface area contributed by atoms with Crippen molar-refractivity contribution < 1.29 is 0 Å². The molecule has 3 nitrogen and oxygen atoms in total. The number of nitriles is 1. The van der Waals surface area contributed by atoms with Gasteiger partial charge < -0.3 is 4.90 Å². The lowest BCUT2D eigenvalue weighted by Crippen LogP contribution is -2.29. The minimum atomic E-state index is 0.172. The van der Waals surface area contributed by atoms with Crippen LogP contribution in [0.5, 0.6) is 0 Å². The highest BCUT2D eigenvalue weighted by Crippen LogP contribution is 2.30. The van der Waals surface area contributed by atoms with Gasteiger partial charge >= 0.3 is 0 Å². The van der Waals surface area contributed by atoms with Crippen LogP contribution in [-0.4, -0.2) is 18.6 Å². The van der Waals surface area contributed by atoms with Crippen molar-refractivity contribution in [3.05, 3.63) is 36.0 Å². The van der Waals surface area contributed by atoms with Crippen LogP contribution in [0, 0.1) is 16.7 Å². The van der Waals surface area contributed by atoms with Gasteiger partial charge in [-0.15, -0.1) is 0 Å². The third kappa shape index (κ3) is 2.85. The summed E-state index contributed by atoms with van der Waals surface area (Å²) in [4.78, 5) is 6.50. The number of pyridine rings is 1. The molecule has 0 spiro atoms. The van der Waals surface area contributed by atoms with E-state index in [2.05, 4.69) is 36.7 Å². The van der Waals surface area contributed by atoms with Gasteiger partial charge in [-0.2, -0.15) is 5.26 Å². The molecule has 0 aliphatic carbocycles. The summed E-state index contributed by atoms with van der Waals surface area (Å²) in [5.41, 5.74) is 2.71. The molecule has 19 heavy (non-hydrogen) atoms. The van der Waals surface area contributed by atoms with E-state index in [-0.39, 0.29) is 5.41 Å². The number of anilines is 1. The summed E-state index contributed by atoms with van der Waals surface area (Å²) in [6.07, 6.45) is 1.66. The second-order valence-corrected chi connectivity index (χ2v) is 6.07. The first-order valence-corrected chi connectivity index (χ1v) is 6.41. The highest BCUT2D eigenvalue weighted by atomic mass is 15.1. The van der Waals surface area contributed by atoms with E-state index in [4.69, 9.17) is 0 Å². The Labute approximate surface area is 114 Å². The van der Waals surface area contributed by atoms with Crippen LogP contribution in [-0.2, 0) is 0 Å². The average Bonchev–Trinajstić information content (AvgIpc) is 2.35. The van der Waals surface area contributed by atoms with Crippen LogP contribution in [0.25, 0.3) is 10.9 Å². The van der Waals surface area contributed by atoms with Crippen LogP contribution >= 0.6 is 0 Å². The highest BCUT2D eigenvalue weighted by Gasteiger charge is 2.18. The van der Waals surface area contributed by atoms with E-state index < -0.39 is 0 Å². The van der Waals surface area contributed by atoms with E-state index in [0.29, 0.717) is 5.56 Å². The van der Waals surface area contributed by atoms with Crippen LogP contribution in [0.3, 0.4) is 0 Å². The van der Waals surface area contributed by atoms with Gasteiger partial charge in [0.15, 0.2) is 0 Å². The monoisotopic (exact) mass is 253 g/mol. The van der Waals surface area contributed by atoms with Crippen LogP contribution in [0.1, 0.15) is 26.3 Å². The van der Waals surface area contributed by atoms with Crippen LogP contribution in [0.4, 0.5) is 5.69 Å². The van der Waals surface area contributed by atoms with Gasteiger partial charge in [-0.1, -0.05) is 39.0 Å². The largest absolute Gasteiger partial charge is 0.372 e. The van der Waals surface area contributed by atoms with Crippen molar-refractivity contribution in [2.75, 3.05) is 18.5 Å². The summed E-state index contributed by atoms with van der Waals surface area (Å²) in [5, 5.41) is 10.3. The molecule has 98 valence electrons. The molecule has 0 saturated carbocycles. The lowest BCUT2D eigenvalue weighted by molar-refractivity contribution is 0.419. The summed E-state index contributed by atoms with van der Waals surface area (Å²) < 4.78 is 0. The van der Waals surface area contributed by atoms with Crippen molar-refractivity contribution in [2.45, 2.75) is 20.8 Å². The Bertz CT molecular complexity index is 632. The molecule has 1 aromatic heterocycles. The van der Waals surface area contributed by atoms with Gasteiger partial charge in [-0.05, 0) is 11.5 Å². The minimum absolute atomic E-state index is 0.172. The Balaban J connectivity index is 2.60. The maximum absolute atomic E-state index is 9.31. The van der Waals surface area contributed by atoms with Gasteiger partial charge in [-0.25, -0.2) is 0 Å². The van der Waals surface area contributed by atoms with Crippen molar-refractivity contribution in [1.82, 2.24) is 4.98 Å². The molecular weight excluding hydrogens is 234 g/mol. The van der Waals surface area contributed by atoms with Gasteiger partial charge in [0.05, 0.1) is 16.8 Å². The molecule has 0 amide bonds. The normalized spacial score (nSPS) is 11.3. The number of para-hydroxylation sites is 1. The van der Waals surface area contributed by atoms with E-state index in [0.717, 1.165) is 23.1 Å². The van der Waals surface area contributed by atoms with Crippen LogP contribution in [0.15, 0.2) is 30.5 Å². The summed E-state index contributed by atoms with van der Waals surface area (Å²) in [6.45, 7) is 7.46. The molecule has 0 aliphatic heterocycles. The number of fused-ring (bicyclic) bond motifs is 1. The molecule has 0 unspecified atom stereocenters. The minimum Gasteiger partial charge on any atom is -0.372 e. The predicted molar refractivity (Wildman–Crippen MR) is 79.2 cm³/mol. The van der Waals surface area contributed by atoms with E-state index in [1.54, 1.807) is 6.20 Å².